The Kier molecular flexibility index (Phi) is 72.8. The molecule has 4 unspecified atom stereocenters. The maximum absolute atomic E-state index is 13.1. The molecular weight excluding hydrogens is 1340 g/mol. The molecule has 0 radical (unpaired) electrons. The molecule has 612 valence electrons. The minimum absolute atomic E-state index is 0.107. The van der Waals surface area contributed by atoms with E-state index in [9.17, 15) is 43.2 Å². The summed E-state index contributed by atoms with van der Waals surface area (Å²) in [6, 6.07) is 0. The lowest BCUT2D eigenvalue weighted by Crippen LogP contribution is -2.30. The molecule has 0 heterocycles. The molecule has 0 spiro atoms. The zero-order valence-corrected chi connectivity index (χ0v) is 69.6. The van der Waals surface area contributed by atoms with Gasteiger partial charge in [-0.1, -0.05) is 389 Å². The van der Waals surface area contributed by atoms with Crippen LogP contribution in [0.2, 0.25) is 0 Å². The van der Waals surface area contributed by atoms with Crippen molar-refractivity contribution in [3.8, 4) is 0 Å². The zero-order valence-electron chi connectivity index (χ0n) is 67.8. The van der Waals surface area contributed by atoms with E-state index in [0.717, 1.165) is 108 Å². The number of aliphatic hydroxyl groups is 1. The van der Waals surface area contributed by atoms with Gasteiger partial charge in [-0.15, -0.1) is 0 Å². The van der Waals surface area contributed by atoms with Gasteiger partial charge in [-0.2, -0.15) is 0 Å². The Labute approximate surface area is 632 Å². The Morgan fingerprint density at radius 3 is 0.738 bits per heavy atom. The van der Waals surface area contributed by atoms with Crippen molar-refractivity contribution in [3.63, 3.8) is 0 Å². The lowest BCUT2D eigenvalue weighted by atomic mass is 9.99. The minimum Gasteiger partial charge on any atom is -0.462 e. The normalized spacial score (nSPS) is 14.4. The molecule has 0 fully saturated rings. The van der Waals surface area contributed by atoms with E-state index in [1.54, 1.807) is 0 Å². The molecule has 0 aliphatic carbocycles. The molecule has 0 aliphatic rings. The van der Waals surface area contributed by atoms with Crippen LogP contribution in [0.4, 0.5) is 0 Å². The predicted molar refractivity (Wildman–Crippen MR) is 423 cm³/mol. The van der Waals surface area contributed by atoms with Gasteiger partial charge in [0.25, 0.3) is 0 Å². The van der Waals surface area contributed by atoms with Gasteiger partial charge in [0.15, 0.2) is 12.2 Å². The first-order valence-electron chi connectivity index (χ1n) is 43.4. The van der Waals surface area contributed by atoms with Gasteiger partial charge in [-0.05, 0) is 43.4 Å². The first-order chi connectivity index (χ1) is 49.8. The number of unbranched alkanes of at least 4 members (excludes halogenated alkanes) is 48. The summed E-state index contributed by atoms with van der Waals surface area (Å²) in [5, 5.41) is 10.7. The molecule has 0 saturated heterocycles. The molecule has 0 amide bonds. The topological polar surface area (TPSA) is 237 Å². The van der Waals surface area contributed by atoms with Crippen LogP contribution in [0.15, 0.2) is 0 Å². The number of rotatable bonds is 82. The van der Waals surface area contributed by atoms with Crippen LogP contribution in [0.3, 0.4) is 0 Å². The summed E-state index contributed by atoms with van der Waals surface area (Å²) in [5.74, 6) is 0.339. The fourth-order valence-electron chi connectivity index (χ4n) is 13.0. The molecule has 0 aliphatic heterocycles. The van der Waals surface area contributed by atoms with Crippen molar-refractivity contribution in [2.45, 2.75) is 458 Å². The van der Waals surface area contributed by atoms with Crippen LogP contribution >= 0.6 is 15.6 Å². The number of hydrogen-bond acceptors (Lipinski definition) is 15. The van der Waals surface area contributed by atoms with Crippen molar-refractivity contribution >= 4 is 39.5 Å². The average Bonchev–Trinajstić information content (AvgIpc) is 0.912. The van der Waals surface area contributed by atoms with Crippen molar-refractivity contribution in [1.29, 1.82) is 0 Å². The van der Waals surface area contributed by atoms with E-state index in [1.807, 2.05) is 0 Å². The number of aliphatic hydroxyl groups excluding tert-OH is 1. The summed E-state index contributed by atoms with van der Waals surface area (Å²) in [6.45, 7) is 12.1. The highest BCUT2D eigenvalue weighted by atomic mass is 31.2. The monoisotopic (exact) mass is 1510 g/mol. The highest BCUT2D eigenvalue weighted by Gasteiger charge is 2.30. The SMILES string of the molecule is CCCCCCCCCCCCCCCC(=O)OC[C@H](COP(=O)(O)OC[C@H](O)COP(=O)(O)OC[C@@H](COC(=O)CCCCCCCCCCCCCC(C)C)OC(=O)CCCCCCCCCCCCCCCCCCCCC(C)CC)OC(=O)CCCCCCCCCCCCC(C)CC. The van der Waals surface area contributed by atoms with Crippen LogP contribution in [-0.4, -0.2) is 96.7 Å². The Hall–Kier alpha value is -1.94. The molecular formula is C84H164O17P2. The van der Waals surface area contributed by atoms with Crippen molar-refractivity contribution in [1.82, 2.24) is 0 Å². The third kappa shape index (κ3) is 75.3. The molecule has 0 aromatic rings. The quantitative estimate of drug-likeness (QED) is 0.0222. The van der Waals surface area contributed by atoms with E-state index in [4.69, 9.17) is 37.0 Å². The fraction of sp³-hybridized carbons (Fsp3) is 0.952. The largest absolute Gasteiger partial charge is 0.472 e. The maximum atomic E-state index is 13.1. The number of phosphoric acid groups is 2. The Morgan fingerprint density at radius 1 is 0.282 bits per heavy atom. The standard InChI is InChI=1S/C84H164O17P2/c1-8-11-12-13-14-15-16-23-29-37-44-51-58-65-81(86)94-72-80(101-84(89)68-61-54-47-40-33-32-36-43-50-57-64-77(7)10-3)74-99-103(92,93)97-70-78(85)69-96-102(90,91)98-73-79(71-95-82(87)66-59-52-45-38-31-26-27-34-41-48-55-62-75(4)5)100-83(88)67-60-53-46-39-30-25-22-20-18-17-19-21-24-28-35-42-49-56-63-76(6)9-2/h75-80,85H,8-74H2,1-7H3,(H,90,91)(H,92,93)/t76?,77?,78-,79-,80-/m1/s1. The summed E-state index contributed by atoms with van der Waals surface area (Å²) in [5.41, 5.74) is 0. The van der Waals surface area contributed by atoms with Gasteiger partial charge in [0, 0.05) is 25.7 Å². The van der Waals surface area contributed by atoms with E-state index < -0.39 is 97.5 Å². The number of esters is 4. The number of ether oxygens (including phenoxy) is 4. The third-order valence-corrected chi connectivity index (χ3v) is 22.3. The van der Waals surface area contributed by atoms with Gasteiger partial charge in [-0.3, -0.25) is 37.3 Å². The fourth-order valence-corrected chi connectivity index (χ4v) is 14.5. The highest BCUT2D eigenvalue weighted by Crippen LogP contribution is 2.45. The van der Waals surface area contributed by atoms with Gasteiger partial charge in [0.2, 0.25) is 0 Å². The Bertz CT molecular complexity index is 2000. The highest BCUT2D eigenvalue weighted by molar-refractivity contribution is 7.47. The number of hydrogen-bond donors (Lipinski definition) is 3. The van der Waals surface area contributed by atoms with Crippen LogP contribution in [0.5, 0.6) is 0 Å². The average molecular weight is 1510 g/mol. The molecule has 7 atom stereocenters. The van der Waals surface area contributed by atoms with Gasteiger partial charge >= 0.3 is 39.5 Å². The van der Waals surface area contributed by atoms with Crippen molar-refractivity contribution in [2.24, 2.45) is 17.8 Å². The van der Waals surface area contributed by atoms with E-state index in [1.165, 1.54) is 250 Å². The molecule has 0 bridgehead atoms. The van der Waals surface area contributed by atoms with Gasteiger partial charge in [0.05, 0.1) is 26.4 Å². The first kappa shape index (κ1) is 101. The molecule has 103 heavy (non-hydrogen) atoms. The molecule has 0 rings (SSSR count). The molecule has 0 saturated carbocycles. The minimum atomic E-state index is -4.96. The Morgan fingerprint density at radius 2 is 0.495 bits per heavy atom. The third-order valence-electron chi connectivity index (χ3n) is 20.4. The second kappa shape index (κ2) is 74.2. The first-order valence-corrected chi connectivity index (χ1v) is 46.4. The molecule has 17 nitrogen and oxygen atoms in total. The lowest BCUT2D eigenvalue weighted by molar-refractivity contribution is -0.161. The van der Waals surface area contributed by atoms with Crippen molar-refractivity contribution in [2.75, 3.05) is 39.6 Å². The van der Waals surface area contributed by atoms with Crippen molar-refractivity contribution < 1.29 is 80.2 Å². The van der Waals surface area contributed by atoms with E-state index in [-0.39, 0.29) is 25.7 Å². The van der Waals surface area contributed by atoms with Crippen LogP contribution in [0.25, 0.3) is 0 Å². The van der Waals surface area contributed by atoms with Crippen LogP contribution in [0.1, 0.15) is 440 Å². The Balaban J connectivity index is 5.24. The summed E-state index contributed by atoms with van der Waals surface area (Å²) in [7, 11) is -9.93. The van der Waals surface area contributed by atoms with Gasteiger partial charge in [-0.25, -0.2) is 9.13 Å². The summed E-state index contributed by atoms with van der Waals surface area (Å²) in [4.78, 5) is 73.2. The van der Waals surface area contributed by atoms with Crippen molar-refractivity contribution in [3.05, 3.63) is 0 Å². The van der Waals surface area contributed by atoms with E-state index in [0.29, 0.717) is 25.7 Å². The number of phosphoric ester groups is 2. The second-order valence-corrected chi connectivity index (χ2v) is 34.1. The molecule has 0 aromatic heterocycles. The molecule has 0 aromatic carbocycles. The lowest BCUT2D eigenvalue weighted by Gasteiger charge is -2.21. The maximum Gasteiger partial charge on any atom is 0.472 e. The number of carbonyl (C=O) groups is 4. The van der Waals surface area contributed by atoms with E-state index in [2.05, 4.69) is 48.5 Å². The summed E-state index contributed by atoms with van der Waals surface area (Å²) < 4.78 is 68.8. The predicted octanol–water partition coefficient (Wildman–Crippen LogP) is 25.3. The summed E-state index contributed by atoms with van der Waals surface area (Å²) in [6.07, 6.45) is 63.6. The number of carbonyl (C=O) groups excluding carboxylic acids is 4. The van der Waals surface area contributed by atoms with Crippen LogP contribution < -0.4 is 0 Å². The van der Waals surface area contributed by atoms with Gasteiger partial charge < -0.3 is 33.8 Å². The molecule has 19 heteroatoms. The van der Waals surface area contributed by atoms with E-state index >= 15 is 0 Å². The van der Waals surface area contributed by atoms with Crippen LogP contribution in [0, 0.1) is 17.8 Å². The second-order valence-electron chi connectivity index (χ2n) is 31.2. The smallest absolute Gasteiger partial charge is 0.462 e. The zero-order chi connectivity index (χ0) is 75.8. The van der Waals surface area contributed by atoms with Gasteiger partial charge in [0.1, 0.15) is 19.3 Å². The molecule has 3 N–H and O–H groups in total. The summed E-state index contributed by atoms with van der Waals surface area (Å²) >= 11 is 0. The van der Waals surface area contributed by atoms with Crippen LogP contribution in [-0.2, 0) is 65.4 Å².